The average Bonchev–Trinajstić information content (AvgIpc) is 3.31. The van der Waals surface area contributed by atoms with Crippen molar-refractivity contribution < 1.29 is 28.6 Å². The van der Waals surface area contributed by atoms with E-state index in [0.29, 0.717) is 19.3 Å². The van der Waals surface area contributed by atoms with E-state index in [-0.39, 0.29) is 38.0 Å². The summed E-state index contributed by atoms with van der Waals surface area (Å²) in [5.74, 6) is -1.14. The minimum atomic E-state index is -0.860. The van der Waals surface area contributed by atoms with Gasteiger partial charge in [0.2, 0.25) is 0 Å². The fourth-order valence-electron chi connectivity index (χ4n) is 6.27. The van der Waals surface area contributed by atoms with Crippen LogP contribution in [-0.4, -0.2) is 37.2 Å². The molecule has 0 amide bonds. The molecule has 6 nitrogen and oxygen atoms in total. The molecule has 0 N–H and O–H groups in total. The monoisotopic (exact) mass is 909 g/mol. The van der Waals surface area contributed by atoms with Crippen LogP contribution < -0.4 is 0 Å². The molecule has 0 aliphatic heterocycles. The summed E-state index contributed by atoms with van der Waals surface area (Å²) in [5.41, 5.74) is 0. The lowest BCUT2D eigenvalue weighted by molar-refractivity contribution is -0.166. The van der Waals surface area contributed by atoms with Crippen molar-refractivity contribution >= 4 is 17.9 Å². The Morgan fingerprint density at radius 1 is 0.318 bits per heavy atom. The largest absolute Gasteiger partial charge is 0.462 e. The summed E-state index contributed by atoms with van der Waals surface area (Å²) in [5, 5.41) is 0. The molecule has 0 aliphatic rings. The fraction of sp³-hybridized carbons (Fsp3) is 0.550. The SMILES string of the molecule is CC/C=C\C/C=C\C/C=C\C/C=C\C/C=C\C/C=C\CCC(=O)OCC(COC(=O)CCCCC/C=C\CCCCCCCC)OC(=O)CC/C=C\C/C=C\C/C=C\C/C=C\C/C=C\CC. The Hall–Kier alpha value is -4.71. The van der Waals surface area contributed by atoms with E-state index < -0.39 is 12.1 Å². The standard InChI is InChI=1S/C60H92O6/c1-4-7-10-13-16-19-22-25-27-29-30-31-33-35-38-41-44-47-50-53-59(62)65-56-57(55-64-58(61)52-49-46-43-40-37-34-24-21-18-15-12-9-6-3)66-60(63)54-51-48-45-42-39-36-32-28-26-23-20-17-14-11-8-5-2/h7-8,10-11,16-17,19-20,25-28,30-31,34-39,44-45,47-48,57H,4-6,9,12-15,18,21-24,29,32-33,40-43,46,49-56H2,1-3H3/b10-7-,11-8-,19-16-,20-17-,27-25-,28-26-,31-30-,37-34-,38-35-,39-36-,47-44-,48-45-. The lowest BCUT2D eigenvalue weighted by atomic mass is 10.1. The van der Waals surface area contributed by atoms with Crippen LogP contribution in [0.1, 0.15) is 194 Å². The third-order valence-electron chi connectivity index (χ3n) is 10.1. The smallest absolute Gasteiger partial charge is 0.306 e. The molecule has 0 fully saturated rings. The van der Waals surface area contributed by atoms with Gasteiger partial charge in [-0.1, -0.05) is 205 Å². The van der Waals surface area contributed by atoms with Crippen molar-refractivity contribution in [3.05, 3.63) is 146 Å². The molecular formula is C60H92O6. The van der Waals surface area contributed by atoms with E-state index in [4.69, 9.17) is 14.2 Å². The van der Waals surface area contributed by atoms with E-state index in [0.717, 1.165) is 103 Å². The molecular weight excluding hydrogens is 817 g/mol. The van der Waals surface area contributed by atoms with Crippen molar-refractivity contribution in [1.29, 1.82) is 0 Å². The van der Waals surface area contributed by atoms with Crippen molar-refractivity contribution in [3.8, 4) is 0 Å². The Morgan fingerprint density at radius 3 is 1.02 bits per heavy atom. The molecule has 0 saturated heterocycles. The molecule has 0 bridgehead atoms. The zero-order valence-electron chi connectivity index (χ0n) is 41.9. The number of hydrogen-bond acceptors (Lipinski definition) is 6. The normalized spacial score (nSPS) is 13.3. The number of esters is 3. The van der Waals surface area contributed by atoms with Gasteiger partial charge in [-0.15, -0.1) is 0 Å². The molecule has 1 unspecified atom stereocenters. The van der Waals surface area contributed by atoms with Crippen LogP contribution in [-0.2, 0) is 28.6 Å². The first-order valence-corrected chi connectivity index (χ1v) is 25.8. The highest BCUT2D eigenvalue weighted by Gasteiger charge is 2.19. The van der Waals surface area contributed by atoms with Gasteiger partial charge in [-0.25, -0.2) is 0 Å². The summed E-state index contributed by atoms with van der Waals surface area (Å²) in [4.78, 5) is 37.9. The molecule has 0 aliphatic carbocycles. The van der Waals surface area contributed by atoms with Gasteiger partial charge in [0.15, 0.2) is 6.10 Å². The highest BCUT2D eigenvalue weighted by Crippen LogP contribution is 2.10. The molecule has 0 radical (unpaired) electrons. The predicted molar refractivity (Wildman–Crippen MR) is 283 cm³/mol. The predicted octanol–water partition coefficient (Wildman–Crippen LogP) is 17.3. The number of unbranched alkanes of at least 4 members (excludes halogenated alkanes) is 9. The van der Waals surface area contributed by atoms with Crippen LogP contribution in [0.4, 0.5) is 0 Å². The van der Waals surface area contributed by atoms with Gasteiger partial charge in [-0.3, -0.25) is 14.4 Å². The molecule has 0 heterocycles. The van der Waals surface area contributed by atoms with Crippen LogP contribution in [0.25, 0.3) is 0 Å². The van der Waals surface area contributed by atoms with E-state index in [1.807, 2.05) is 24.3 Å². The van der Waals surface area contributed by atoms with E-state index in [1.165, 1.54) is 38.5 Å². The molecule has 368 valence electrons. The number of ether oxygens (including phenoxy) is 3. The zero-order valence-corrected chi connectivity index (χ0v) is 41.9. The Bertz CT molecular complexity index is 1510. The number of rotatable bonds is 44. The molecule has 0 saturated carbocycles. The van der Waals surface area contributed by atoms with Gasteiger partial charge in [0, 0.05) is 19.3 Å². The minimum absolute atomic E-state index is 0.145. The van der Waals surface area contributed by atoms with E-state index in [2.05, 4.69) is 142 Å². The summed E-state index contributed by atoms with van der Waals surface area (Å²) in [6, 6.07) is 0. The maximum atomic E-state index is 12.8. The van der Waals surface area contributed by atoms with E-state index in [1.54, 1.807) is 0 Å². The van der Waals surface area contributed by atoms with Crippen LogP contribution in [0, 0.1) is 0 Å². The first kappa shape index (κ1) is 61.3. The first-order chi connectivity index (χ1) is 32.5. The fourth-order valence-corrected chi connectivity index (χ4v) is 6.27. The lowest BCUT2D eigenvalue weighted by Gasteiger charge is -2.18. The van der Waals surface area contributed by atoms with Gasteiger partial charge in [0.25, 0.3) is 0 Å². The number of allylic oxidation sites excluding steroid dienone is 24. The first-order valence-electron chi connectivity index (χ1n) is 25.8. The van der Waals surface area contributed by atoms with Crippen LogP contribution >= 0.6 is 0 Å². The van der Waals surface area contributed by atoms with Crippen molar-refractivity contribution in [2.75, 3.05) is 13.2 Å². The Morgan fingerprint density at radius 2 is 0.621 bits per heavy atom. The molecule has 1 atom stereocenters. The van der Waals surface area contributed by atoms with Crippen LogP contribution in [0.5, 0.6) is 0 Å². The second-order valence-electron chi connectivity index (χ2n) is 16.3. The quantitative estimate of drug-likeness (QED) is 0.0262. The van der Waals surface area contributed by atoms with Crippen molar-refractivity contribution in [1.82, 2.24) is 0 Å². The molecule has 0 aromatic rings. The molecule has 6 heteroatoms. The van der Waals surface area contributed by atoms with Gasteiger partial charge in [0.1, 0.15) is 13.2 Å². The number of carbonyl (C=O) groups is 3. The van der Waals surface area contributed by atoms with Crippen LogP contribution in [0.2, 0.25) is 0 Å². The average molecular weight is 909 g/mol. The molecule has 0 aromatic carbocycles. The third-order valence-corrected chi connectivity index (χ3v) is 10.1. The topological polar surface area (TPSA) is 78.9 Å². The van der Waals surface area contributed by atoms with Crippen molar-refractivity contribution in [2.45, 2.75) is 200 Å². The summed E-state index contributed by atoms with van der Waals surface area (Å²) in [6.45, 7) is 6.23. The van der Waals surface area contributed by atoms with Crippen molar-refractivity contribution in [2.24, 2.45) is 0 Å². The van der Waals surface area contributed by atoms with Gasteiger partial charge < -0.3 is 14.2 Å². The van der Waals surface area contributed by atoms with Gasteiger partial charge in [-0.2, -0.15) is 0 Å². The van der Waals surface area contributed by atoms with Gasteiger partial charge >= 0.3 is 17.9 Å². The lowest BCUT2D eigenvalue weighted by Crippen LogP contribution is -2.30. The van der Waals surface area contributed by atoms with E-state index >= 15 is 0 Å². The zero-order chi connectivity index (χ0) is 47.9. The highest BCUT2D eigenvalue weighted by atomic mass is 16.6. The van der Waals surface area contributed by atoms with Crippen LogP contribution in [0.15, 0.2) is 146 Å². The highest BCUT2D eigenvalue weighted by molar-refractivity contribution is 5.71. The Labute approximate surface area is 404 Å². The molecule has 0 aromatic heterocycles. The summed E-state index contributed by atoms with van der Waals surface area (Å²) in [6.07, 6.45) is 75.7. The maximum Gasteiger partial charge on any atom is 0.306 e. The Kier molecular flexibility index (Phi) is 49.1. The minimum Gasteiger partial charge on any atom is -0.462 e. The number of carbonyl (C=O) groups excluding carboxylic acids is 3. The second-order valence-corrected chi connectivity index (χ2v) is 16.3. The third kappa shape index (κ3) is 50.3. The van der Waals surface area contributed by atoms with Gasteiger partial charge in [0.05, 0.1) is 0 Å². The maximum absolute atomic E-state index is 12.8. The summed E-state index contributed by atoms with van der Waals surface area (Å²) < 4.78 is 16.6. The molecule has 66 heavy (non-hydrogen) atoms. The van der Waals surface area contributed by atoms with Crippen LogP contribution in [0.3, 0.4) is 0 Å². The van der Waals surface area contributed by atoms with Crippen molar-refractivity contribution in [3.63, 3.8) is 0 Å². The Balaban J connectivity index is 4.66. The summed E-state index contributed by atoms with van der Waals surface area (Å²) >= 11 is 0. The summed E-state index contributed by atoms with van der Waals surface area (Å²) in [7, 11) is 0. The second kappa shape index (κ2) is 52.9. The number of hydrogen-bond donors (Lipinski definition) is 0. The van der Waals surface area contributed by atoms with Gasteiger partial charge in [-0.05, 0) is 116 Å². The molecule has 0 spiro atoms. The van der Waals surface area contributed by atoms with E-state index in [9.17, 15) is 14.4 Å². The molecule has 0 rings (SSSR count).